The van der Waals surface area contributed by atoms with Crippen molar-refractivity contribution in [1.82, 2.24) is 10.3 Å². The lowest BCUT2D eigenvalue weighted by molar-refractivity contribution is -0.137. The fraction of sp³-hybridized carbons (Fsp3) is 0.0952. The van der Waals surface area contributed by atoms with Crippen LogP contribution in [0.3, 0.4) is 0 Å². The first-order valence-electron chi connectivity index (χ1n) is 8.99. The SMILES string of the molecule is O=C(Nc1ccnc2c1C(c1cccc(F)c1F)NC2=O)c1cc(F)cc(C(F)(F)F)c1. The highest BCUT2D eigenvalue weighted by molar-refractivity contribution is 6.07. The smallest absolute Gasteiger partial charge is 0.339 e. The highest BCUT2D eigenvalue weighted by Gasteiger charge is 2.36. The Morgan fingerprint density at radius 3 is 2.53 bits per heavy atom. The van der Waals surface area contributed by atoms with Crippen LogP contribution in [0.1, 0.15) is 43.6 Å². The Morgan fingerprint density at radius 2 is 1.81 bits per heavy atom. The van der Waals surface area contributed by atoms with Crippen molar-refractivity contribution in [2.24, 2.45) is 0 Å². The predicted octanol–water partition coefficient (Wildman–Crippen LogP) is 4.60. The van der Waals surface area contributed by atoms with E-state index in [-0.39, 0.29) is 28.6 Å². The Bertz CT molecular complexity index is 1260. The zero-order valence-electron chi connectivity index (χ0n) is 15.7. The number of pyridine rings is 1. The molecule has 0 bridgehead atoms. The molecular formula is C21H11F6N3O2. The standard InChI is InChI=1S/C21H11F6N3O2/c22-11-7-9(6-10(8-11)21(25,26)27)19(31)29-14-4-5-28-18-15(14)17(30-20(18)32)12-2-1-3-13(23)16(12)24/h1-8,17H,(H,30,32)(H,28,29,31). The van der Waals surface area contributed by atoms with Gasteiger partial charge in [-0.1, -0.05) is 12.1 Å². The van der Waals surface area contributed by atoms with Crippen LogP contribution in [0.2, 0.25) is 0 Å². The van der Waals surface area contributed by atoms with Gasteiger partial charge in [-0.05, 0) is 30.3 Å². The number of amides is 2. The Kier molecular flexibility index (Phi) is 5.11. The second-order valence-corrected chi connectivity index (χ2v) is 6.85. The molecule has 1 unspecified atom stereocenters. The number of aromatic nitrogens is 1. The van der Waals surface area contributed by atoms with Gasteiger partial charge < -0.3 is 10.6 Å². The van der Waals surface area contributed by atoms with Gasteiger partial charge in [0.05, 0.1) is 17.3 Å². The molecule has 11 heteroatoms. The van der Waals surface area contributed by atoms with Crippen molar-refractivity contribution in [2.45, 2.75) is 12.2 Å². The van der Waals surface area contributed by atoms with Gasteiger partial charge in [-0.25, -0.2) is 13.2 Å². The topological polar surface area (TPSA) is 71.1 Å². The van der Waals surface area contributed by atoms with Gasteiger partial charge in [-0.15, -0.1) is 0 Å². The number of alkyl halides is 3. The molecule has 1 aromatic heterocycles. The highest BCUT2D eigenvalue weighted by atomic mass is 19.4. The first-order valence-corrected chi connectivity index (χ1v) is 8.99. The zero-order valence-corrected chi connectivity index (χ0v) is 15.7. The second kappa shape index (κ2) is 7.66. The largest absolute Gasteiger partial charge is 0.416 e. The van der Waals surface area contributed by atoms with Crippen molar-refractivity contribution in [3.8, 4) is 0 Å². The summed E-state index contributed by atoms with van der Waals surface area (Å²) in [6, 6.07) is 4.64. The Balaban J connectivity index is 1.75. The second-order valence-electron chi connectivity index (χ2n) is 6.85. The summed E-state index contributed by atoms with van der Waals surface area (Å²) in [5.74, 6) is -5.51. The number of hydrogen-bond donors (Lipinski definition) is 2. The fourth-order valence-corrected chi connectivity index (χ4v) is 3.38. The molecule has 0 radical (unpaired) electrons. The van der Waals surface area contributed by atoms with Crippen LogP contribution in [0, 0.1) is 17.5 Å². The number of nitrogens with zero attached hydrogens (tertiary/aromatic N) is 1. The van der Waals surface area contributed by atoms with E-state index in [1.165, 1.54) is 18.2 Å². The van der Waals surface area contributed by atoms with E-state index in [4.69, 9.17) is 0 Å². The van der Waals surface area contributed by atoms with E-state index in [1.54, 1.807) is 0 Å². The quantitative estimate of drug-likeness (QED) is 0.572. The van der Waals surface area contributed by atoms with Crippen molar-refractivity contribution in [2.75, 3.05) is 5.32 Å². The first-order chi connectivity index (χ1) is 15.1. The Morgan fingerprint density at radius 1 is 1.06 bits per heavy atom. The molecule has 1 aliphatic heterocycles. The molecule has 0 aliphatic carbocycles. The first kappa shape index (κ1) is 21.3. The highest BCUT2D eigenvalue weighted by Crippen LogP contribution is 2.37. The predicted molar refractivity (Wildman–Crippen MR) is 99.3 cm³/mol. The van der Waals surface area contributed by atoms with E-state index < -0.39 is 52.6 Å². The van der Waals surface area contributed by atoms with Crippen molar-refractivity contribution in [3.05, 3.63) is 94.1 Å². The van der Waals surface area contributed by atoms with Crippen molar-refractivity contribution < 1.29 is 35.9 Å². The van der Waals surface area contributed by atoms with Gasteiger partial charge in [-0.2, -0.15) is 13.2 Å². The number of benzene rings is 2. The van der Waals surface area contributed by atoms with E-state index >= 15 is 0 Å². The van der Waals surface area contributed by atoms with Crippen molar-refractivity contribution >= 4 is 17.5 Å². The van der Waals surface area contributed by atoms with Crippen LogP contribution >= 0.6 is 0 Å². The molecule has 4 rings (SSSR count). The van der Waals surface area contributed by atoms with E-state index in [9.17, 15) is 35.9 Å². The number of carbonyl (C=O) groups excluding carboxylic acids is 2. The number of hydrogen-bond acceptors (Lipinski definition) is 3. The van der Waals surface area contributed by atoms with Crippen molar-refractivity contribution in [1.29, 1.82) is 0 Å². The van der Waals surface area contributed by atoms with Crippen LogP contribution in [0.5, 0.6) is 0 Å². The molecule has 2 amide bonds. The number of halogens is 6. The van der Waals surface area contributed by atoms with Crippen LogP contribution in [0.25, 0.3) is 0 Å². The van der Waals surface area contributed by atoms with E-state index in [0.717, 1.165) is 12.3 Å². The summed E-state index contributed by atoms with van der Waals surface area (Å²) < 4.78 is 80.6. The van der Waals surface area contributed by atoms with Crippen LogP contribution in [-0.2, 0) is 6.18 Å². The number of anilines is 1. The van der Waals surface area contributed by atoms with E-state index in [2.05, 4.69) is 15.6 Å². The molecule has 1 aliphatic rings. The van der Waals surface area contributed by atoms with E-state index in [0.29, 0.717) is 12.1 Å². The third kappa shape index (κ3) is 3.77. The molecule has 0 spiro atoms. The molecule has 2 heterocycles. The molecule has 3 aromatic rings. The third-order valence-electron chi connectivity index (χ3n) is 4.80. The third-order valence-corrected chi connectivity index (χ3v) is 4.80. The van der Waals surface area contributed by atoms with Gasteiger partial charge in [0.2, 0.25) is 0 Å². The van der Waals surface area contributed by atoms with Gasteiger partial charge in [0.15, 0.2) is 11.6 Å². The van der Waals surface area contributed by atoms with Crippen LogP contribution in [0.4, 0.5) is 32.0 Å². The maximum atomic E-state index is 14.4. The molecule has 1 atom stereocenters. The van der Waals surface area contributed by atoms with E-state index in [1.807, 2.05) is 0 Å². The summed E-state index contributed by atoms with van der Waals surface area (Å²) in [6.45, 7) is 0. The average molecular weight is 451 g/mol. The Hall–Kier alpha value is -3.89. The molecule has 2 aromatic carbocycles. The molecule has 5 nitrogen and oxygen atoms in total. The normalized spacial score (nSPS) is 15.3. The van der Waals surface area contributed by atoms with Crippen molar-refractivity contribution in [3.63, 3.8) is 0 Å². The maximum absolute atomic E-state index is 14.4. The summed E-state index contributed by atoms with van der Waals surface area (Å²) in [6.07, 6.45) is -3.74. The summed E-state index contributed by atoms with van der Waals surface area (Å²) in [5.41, 5.74) is -2.53. The average Bonchev–Trinajstić information content (AvgIpc) is 3.06. The molecule has 0 saturated carbocycles. The van der Waals surface area contributed by atoms with Gasteiger partial charge in [0.1, 0.15) is 11.5 Å². The molecule has 0 saturated heterocycles. The minimum atomic E-state index is -4.88. The summed E-state index contributed by atoms with van der Waals surface area (Å²) >= 11 is 0. The van der Waals surface area contributed by atoms with Gasteiger partial charge >= 0.3 is 6.18 Å². The van der Waals surface area contributed by atoms with Gasteiger partial charge in [0.25, 0.3) is 11.8 Å². The fourth-order valence-electron chi connectivity index (χ4n) is 3.38. The maximum Gasteiger partial charge on any atom is 0.416 e. The van der Waals surface area contributed by atoms with Crippen LogP contribution < -0.4 is 10.6 Å². The van der Waals surface area contributed by atoms with Crippen LogP contribution in [0.15, 0.2) is 48.7 Å². The minimum Gasteiger partial charge on any atom is -0.339 e. The molecular weight excluding hydrogens is 440 g/mol. The molecule has 32 heavy (non-hydrogen) atoms. The monoisotopic (exact) mass is 451 g/mol. The number of fused-ring (bicyclic) bond motifs is 1. The lowest BCUT2D eigenvalue weighted by Gasteiger charge is -2.17. The molecule has 164 valence electrons. The van der Waals surface area contributed by atoms with Crippen LogP contribution in [-0.4, -0.2) is 16.8 Å². The van der Waals surface area contributed by atoms with Gasteiger partial charge in [0, 0.05) is 22.9 Å². The number of nitrogens with one attached hydrogen (secondary N) is 2. The molecule has 0 fully saturated rings. The zero-order chi connectivity index (χ0) is 23.2. The van der Waals surface area contributed by atoms with Gasteiger partial charge in [-0.3, -0.25) is 14.6 Å². The summed E-state index contributed by atoms with van der Waals surface area (Å²) in [4.78, 5) is 28.7. The lowest BCUT2D eigenvalue weighted by atomic mass is 9.98. The number of rotatable bonds is 3. The summed E-state index contributed by atoms with van der Waals surface area (Å²) in [5, 5.41) is 4.72. The Labute approximate surface area is 176 Å². The molecule has 2 N–H and O–H groups in total. The summed E-state index contributed by atoms with van der Waals surface area (Å²) in [7, 11) is 0. The minimum absolute atomic E-state index is 0.0113. The number of carbonyl (C=O) groups is 2. The lowest BCUT2D eigenvalue weighted by Crippen LogP contribution is -2.22.